The summed E-state index contributed by atoms with van der Waals surface area (Å²) in [7, 11) is 1.64. The quantitative estimate of drug-likeness (QED) is 0.909. The molecule has 1 N–H and O–H groups in total. The number of ether oxygens (including phenoxy) is 2. The van der Waals surface area contributed by atoms with E-state index < -0.39 is 0 Å². The van der Waals surface area contributed by atoms with Crippen molar-refractivity contribution in [3.8, 4) is 11.5 Å². The number of carbonyl (C=O) groups excluding carboxylic acids is 1. The van der Waals surface area contributed by atoms with E-state index >= 15 is 0 Å². The lowest BCUT2D eigenvalue weighted by molar-refractivity contribution is -0.133. The summed E-state index contributed by atoms with van der Waals surface area (Å²) >= 11 is 0. The molecular weight excluding hydrogens is 280 g/mol. The molecule has 5 nitrogen and oxygen atoms in total. The molecule has 6 heteroatoms. The molecule has 20 heavy (non-hydrogen) atoms. The lowest BCUT2D eigenvalue weighted by atomic mass is 10.2. The maximum atomic E-state index is 11.9. The maximum Gasteiger partial charge on any atom is 0.260 e. The Kier molecular flexibility index (Phi) is 6.61. The third kappa shape index (κ3) is 4.28. The maximum absolute atomic E-state index is 11.9. The summed E-state index contributed by atoms with van der Waals surface area (Å²) in [5, 5.41) is 3.21. The zero-order chi connectivity index (χ0) is 13.7. The van der Waals surface area contributed by atoms with Crippen molar-refractivity contribution in [1.29, 1.82) is 0 Å². The molecule has 0 bridgehead atoms. The minimum Gasteiger partial charge on any atom is -0.496 e. The molecule has 0 unspecified atom stereocenters. The van der Waals surface area contributed by atoms with Crippen LogP contribution in [0.25, 0.3) is 0 Å². The van der Waals surface area contributed by atoms with Gasteiger partial charge < -0.3 is 19.7 Å². The lowest BCUT2D eigenvalue weighted by Gasteiger charge is -2.27. The predicted octanol–water partition coefficient (Wildman–Crippen LogP) is 1.24. The Morgan fingerprint density at radius 1 is 1.35 bits per heavy atom. The van der Waals surface area contributed by atoms with Crippen molar-refractivity contribution in [3.63, 3.8) is 0 Å². The summed E-state index contributed by atoms with van der Waals surface area (Å²) in [5.41, 5.74) is 0.995. The van der Waals surface area contributed by atoms with Gasteiger partial charge in [-0.3, -0.25) is 4.79 Å². The zero-order valence-electron chi connectivity index (χ0n) is 11.8. The van der Waals surface area contributed by atoms with Crippen molar-refractivity contribution < 1.29 is 14.3 Å². The van der Waals surface area contributed by atoms with Gasteiger partial charge in [-0.25, -0.2) is 0 Å². The van der Waals surface area contributed by atoms with E-state index in [0.717, 1.165) is 37.5 Å². The molecule has 0 atom stereocenters. The van der Waals surface area contributed by atoms with E-state index in [4.69, 9.17) is 9.47 Å². The number of methoxy groups -OCH3 is 1. The van der Waals surface area contributed by atoms with E-state index in [1.807, 2.05) is 30.0 Å². The number of halogens is 1. The molecule has 0 aromatic heterocycles. The van der Waals surface area contributed by atoms with Crippen LogP contribution in [-0.4, -0.2) is 50.7 Å². The molecule has 1 aromatic rings. The Hall–Kier alpha value is -1.46. The Morgan fingerprint density at radius 3 is 2.65 bits per heavy atom. The van der Waals surface area contributed by atoms with E-state index in [1.54, 1.807) is 7.11 Å². The van der Waals surface area contributed by atoms with Crippen molar-refractivity contribution in [2.24, 2.45) is 0 Å². The van der Waals surface area contributed by atoms with Gasteiger partial charge in [-0.1, -0.05) is 0 Å². The number of piperazine rings is 1. The summed E-state index contributed by atoms with van der Waals surface area (Å²) in [6, 6.07) is 5.54. The molecule has 112 valence electrons. The molecule has 1 saturated heterocycles. The Bertz CT molecular complexity index is 448. The first-order valence-electron chi connectivity index (χ1n) is 6.46. The second-order valence-corrected chi connectivity index (χ2v) is 4.55. The molecule has 1 heterocycles. The highest BCUT2D eigenvalue weighted by molar-refractivity contribution is 5.85. The summed E-state index contributed by atoms with van der Waals surface area (Å²) in [6.45, 7) is 5.25. The standard InChI is InChI=1S/C14H20N2O3.ClH/c1-11-9-12(3-4-13(11)18-2)19-10-14(17)16-7-5-15-6-8-16;/h3-4,9,15H,5-8,10H2,1-2H3;1H. The molecule has 1 aliphatic rings. The van der Waals surface area contributed by atoms with Crippen LogP contribution >= 0.6 is 12.4 Å². The number of amides is 1. The van der Waals surface area contributed by atoms with Gasteiger partial charge in [0.25, 0.3) is 5.91 Å². The van der Waals surface area contributed by atoms with Gasteiger partial charge in [-0.05, 0) is 30.7 Å². The highest BCUT2D eigenvalue weighted by Gasteiger charge is 2.16. The number of hydrogen-bond donors (Lipinski definition) is 1. The van der Waals surface area contributed by atoms with Gasteiger partial charge in [-0.15, -0.1) is 12.4 Å². The zero-order valence-corrected chi connectivity index (χ0v) is 12.7. The molecule has 0 radical (unpaired) electrons. The van der Waals surface area contributed by atoms with Crippen molar-refractivity contribution in [1.82, 2.24) is 10.2 Å². The van der Waals surface area contributed by atoms with Crippen LogP contribution in [0.4, 0.5) is 0 Å². The van der Waals surface area contributed by atoms with Gasteiger partial charge in [0.1, 0.15) is 11.5 Å². The number of rotatable bonds is 4. The van der Waals surface area contributed by atoms with E-state index in [1.165, 1.54) is 0 Å². The topological polar surface area (TPSA) is 50.8 Å². The van der Waals surface area contributed by atoms with Crippen molar-refractivity contribution in [2.45, 2.75) is 6.92 Å². The highest BCUT2D eigenvalue weighted by Crippen LogP contribution is 2.22. The van der Waals surface area contributed by atoms with Gasteiger partial charge in [0.05, 0.1) is 7.11 Å². The highest BCUT2D eigenvalue weighted by atomic mass is 35.5. The fourth-order valence-corrected chi connectivity index (χ4v) is 2.09. The van der Waals surface area contributed by atoms with Gasteiger partial charge >= 0.3 is 0 Å². The van der Waals surface area contributed by atoms with Crippen LogP contribution in [0, 0.1) is 6.92 Å². The second-order valence-electron chi connectivity index (χ2n) is 4.55. The van der Waals surface area contributed by atoms with Crippen LogP contribution in [0.2, 0.25) is 0 Å². The first-order chi connectivity index (χ1) is 9.20. The molecule has 1 aromatic carbocycles. The molecule has 2 rings (SSSR count). The van der Waals surface area contributed by atoms with Gasteiger partial charge in [0.2, 0.25) is 0 Å². The molecule has 0 saturated carbocycles. The van der Waals surface area contributed by atoms with Crippen molar-refractivity contribution in [3.05, 3.63) is 23.8 Å². The van der Waals surface area contributed by atoms with Gasteiger partial charge in [-0.2, -0.15) is 0 Å². The molecular formula is C14H21ClN2O3. The average Bonchev–Trinajstić information content (AvgIpc) is 2.46. The summed E-state index contributed by atoms with van der Waals surface area (Å²) in [4.78, 5) is 13.8. The van der Waals surface area contributed by atoms with E-state index in [0.29, 0.717) is 5.75 Å². The second kappa shape index (κ2) is 7.97. The van der Waals surface area contributed by atoms with E-state index in [9.17, 15) is 4.79 Å². The van der Waals surface area contributed by atoms with Crippen molar-refractivity contribution in [2.75, 3.05) is 39.9 Å². The number of hydrogen-bond acceptors (Lipinski definition) is 4. The van der Waals surface area contributed by atoms with Gasteiger partial charge in [0.15, 0.2) is 6.61 Å². The van der Waals surface area contributed by atoms with E-state index in [2.05, 4.69) is 5.32 Å². The molecule has 1 aliphatic heterocycles. The molecule has 1 fully saturated rings. The summed E-state index contributed by atoms with van der Waals surface area (Å²) in [5.74, 6) is 1.55. The number of nitrogens with zero attached hydrogens (tertiary/aromatic N) is 1. The van der Waals surface area contributed by atoms with Crippen LogP contribution in [0.5, 0.6) is 11.5 Å². The molecule has 0 aliphatic carbocycles. The van der Waals surface area contributed by atoms with Crippen LogP contribution < -0.4 is 14.8 Å². The van der Waals surface area contributed by atoms with Crippen molar-refractivity contribution >= 4 is 18.3 Å². The molecule has 0 spiro atoms. The Morgan fingerprint density at radius 2 is 2.05 bits per heavy atom. The normalized spacial score (nSPS) is 14.4. The average molecular weight is 301 g/mol. The summed E-state index contributed by atoms with van der Waals surface area (Å²) < 4.78 is 10.7. The van der Waals surface area contributed by atoms with Crippen LogP contribution in [-0.2, 0) is 4.79 Å². The summed E-state index contributed by atoms with van der Waals surface area (Å²) in [6.07, 6.45) is 0. The third-order valence-electron chi connectivity index (χ3n) is 3.20. The predicted molar refractivity (Wildman–Crippen MR) is 79.9 cm³/mol. The number of nitrogens with one attached hydrogen (secondary N) is 1. The fourth-order valence-electron chi connectivity index (χ4n) is 2.09. The first-order valence-corrected chi connectivity index (χ1v) is 6.46. The number of carbonyl (C=O) groups is 1. The monoisotopic (exact) mass is 300 g/mol. The number of aryl methyl sites for hydroxylation is 1. The van der Waals surface area contributed by atoms with E-state index in [-0.39, 0.29) is 24.9 Å². The minimum absolute atomic E-state index is 0. The van der Waals surface area contributed by atoms with Crippen LogP contribution in [0.15, 0.2) is 18.2 Å². The number of benzene rings is 1. The Labute approximate surface area is 125 Å². The SMILES string of the molecule is COc1ccc(OCC(=O)N2CCNCC2)cc1C.Cl. The lowest BCUT2D eigenvalue weighted by Crippen LogP contribution is -2.47. The largest absolute Gasteiger partial charge is 0.496 e. The van der Waals surface area contributed by atoms with Crippen LogP contribution in [0.3, 0.4) is 0 Å². The third-order valence-corrected chi connectivity index (χ3v) is 3.20. The fraction of sp³-hybridized carbons (Fsp3) is 0.500. The van der Waals surface area contributed by atoms with Crippen LogP contribution in [0.1, 0.15) is 5.56 Å². The first kappa shape index (κ1) is 16.6. The smallest absolute Gasteiger partial charge is 0.260 e. The Balaban J connectivity index is 0.00000200. The van der Waals surface area contributed by atoms with Gasteiger partial charge in [0, 0.05) is 26.2 Å². The minimum atomic E-state index is 0. The molecule has 1 amide bonds.